The fraction of sp³-hybridized carbons (Fsp3) is 0.304. The van der Waals surface area contributed by atoms with Crippen LogP contribution < -0.4 is 10.3 Å². The molecule has 0 atom stereocenters. The van der Waals surface area contributed by atoms with E-state index in [1.807, 2.05) is 18.2 Å². The van der Waals surface area contributed by atoms with E-state index < -0.39 is 12.6 Å². The molecular formula is C23H23N3O4. The van der Waals surface area contributed by atoms with Gasteiger partial charge in [0.2, 0.25) is 0 Å². The zero-order valence-electron chi connectivity index (χ0n) is 16.5. The first-order valence-electron chi connectivity index (χ1n) is 10.1. The number of carboxylic acids is 1. The van der Waals surface area contributed by atoms with E-state index in [4.69, 9.17) is 14.8 Å². The molecule has 7 nitrogen and oxygen atoms in total. The number of carbonyl (C=O) groups is 1. The van der Waals surface area contributed by atoms with Crippen LogP contribution in [0, 0.1) is 0 Å². The van der Waals surface area contributed by atoms with Gasteiger partial charge in [0.15, 0.2) is 6.61 Å². The molecule has 1 heterocycles. The fourth-order valence-corrected chi connectivity index (χ4v) is 3.86. The summed E-state index contributed by atoms with van der Waals surface area (Å²) in [6, 6.07) is 14.3. The van der Waals surface area contributed by atoms with Crippen molar-refractivity contribution in [1.82, 2.24) is 9.66 Å². The van der Waals surface area contributed by atoms with E-state index in [0.29, 0.717) is 28.0 Å². The molecule has 0 bridgehead atoms. The molecular weight excluding hydrogens is 382 g/mol. The van der Waals surface area contributed by atoms with Crippen molar-refractivity contribution in [2.45, 2.75) is 38.0 Å². The van der Waals surface area contributed by atoms with Gasteiger partial charge in [0.05, 0.1) is 17.1 Å². The zero-order chi connectivity index (χ0) is 20.9. The first-order chi connectivity index (χ1) is 14.6. The number of hydrogen-bond acceptors (Lipinski definition) is 5. The Kier molecular flexibility index (Phi) is 5.88. The molecule has 0 spiro atoms. The molecule has 1 fully saturated rings. The Balaban J connectivity index is 1.77. The minimum atomic E-state index is -1.06. The van der Waals surface area contributed by atoms with Gasteiger partial charge in [-0.2, -0.15) is 9.78 Å². The smallest absolute Gasteiger partial charge is 0.341 e. The van der Waals surface area contributed by atoms with Crippen LogP contribution in [0.3, 0.4) is 0 Å². The molecule has 1 aliphatic carbocycles. The molecule has 1 aromatic heterocycles. The maximum atomic E-state index is 13.2. The van der Waals surface area contributed by atoms with Crippen molar-refractivity contribution >= 4 is 23.1 Å². The molecule has 1 aliphatic rings. The van der Waals surface area contributed by atoms with Gasteiger partial charge in [0.25, 0.3) is 5.56 Å². The van der Waals surface area contributed by atoms with Crippen LogP contribution in [0.5, 0.6) is 5.75 Å². The molecule has 0 saturated heterocycles. The number of aromatic nitrogens is 2. The summed E-state index contributed by atoms with van der Waals surface area (Å²) in [6.07, 6.45) is 6.93. The molecule has 0 radical (unpaired) electrons. The van der Waals surface area contributed by atoms with Crippen LogP contribution in [0.25, 0.3) is 10.9 Å². The quantitative estimate of drug-likeness (QED) is 0.630. The summed E-state index contributed by atoms with van der Waals surface area (Å²) in [6.45, 7) is -0.449. The molecule has 1 N–H and O–H groups in total. The number of hydrogen-bond donors (Lipinski definition) is 1. The molecule has 1 saturated carbocycles. The molecule has 7 heteroatoms. The lowest BCUT2D eigenvalue weighted by atomic mass is 9.88. The molecule has 0 amide bonds. The van der Waals surface area contributed by atoms with Gasteiger partial charge in [-0.05, 0) is 37.1 Å². The Bertz CT molecular complexity index is 1150. The van der Waals surface area contributed by atoms with Crippen LogP contribution in [0.4, 0.5) is 0 Å². The van der Waals surface area contributed by atoms with Crippen LogP contribution in [0.1, 0.15) is 49.4 Å². The normalized spacial score (nSPS) is 14.9. The number of fused-ring (bicyclic) bond motifs is 1. The van der Waals surface area contributed by atoms with E-state index in [1.54, 1.807) is 30.3 Å². The predicted molar refractivity (Wildman–Crippen MR) is 114 cm³/mol. The minimum absolute atomic E-state index is 0.187. The van der Waals surface area contributed by atoms with E-state index in [0.717, 1.165) is 25.7 Å². The third-order valence-corrected chi connectivity index (χ3v) is 5.33. The second-order valence-corrected chi connectivity index (χ2v) is 7.40. The van der Waals surface area contributed by atoms with E-state index >= 15 is 0 Å². The van der Waals surface area contributed by atoms with Gasteiger partial charge < -0.3 is 9.84 Å². The molecule has 30 heavy (non-hydrogen) atoms. The highest BCUT2D eigenvalue weighted by molar-refractivity contribution is 5.84. The number of rotatable bonds is 6. The largest absolute Gasteiger partial charge is 0.481 e. The SMILES string of the molecule is O=C(O)COc1ccccc1C=Nn1c(C2CCCCC2)nc2ccccc2c1=O. The van der Waals surface area contributed by atoms with Crippen LogP contribution >= 0.6 is 0 Å². The molecule has 0 unspecified atom stereocenters. The fourth-order valence-electron chi connectivity index (χ4n) is 3.86. The van der Waals surface area contributed by atoms with Gasteiger partial charge in [0, 0.05) is 11.5 Å². The van der Waals surface area contributed by atoms with Gasteiger partial charge >= 0.3 is 5.97 Å². The minimum Gasteiger partial charge on any atom is -0.481 e. The van der Waals surface area contributed by atoms with E-state index in [2.05, 4.69) is 5.10 Å². The van der Waals surface area contributed by atoms with E-state index in [1.165, 1.54) is 17.3 Å². The van der Waals surface area contributed by atoms with Crippen LogP contribution in [-0.2, 0) is 4.79 Å². The second-order valence-electron chi connectivity index (χ2n) is 7.40. The summed E-state index contributed by atoms with van der Waals surface area (Å²) >= 11 is 0. The lowest BCUT2D eigenvalue weighted by Gasteiger charge is -2.22. The summed E-state index contributed by atoms with van der Waals surface area (Å²) in [4.78, 5) is 28.8. The van der Waals surface area contributed by atoms with Crippen molar-refractivity contribution in [2.75, 3.05) is 6.61 Å². The summed E-state index contributed by atoms with van der Waals surface area (Å²) in [5.41, 5.74) is 1.06. The Morgan fingerprint density at radius 2 is 1.87 bits per heavy atom. The number of nitrogens with zero attached hydrogens (tertiary/aromatic N) is 3. The monoisotopic (exact) mass is 405 g/mol. The standard InChI is InChI=1S/C23H23N3O4/c27-21(28)15-30-20-13-7-4-10-17(20)14-24-26-22(16-8-2-1-3-9-16)25-19-12-6-5-11-18(19)23(26)29/h4-7,10-14,16H,1-3,8-9,15H2,(H,27,28). The van der Waals surface area contributed by atoms with E-state index in [9.17, 15) is 9.59 Å². The van der Waals surface area contributed by atoms with Gasteiger partial charge in [-0.15, -0.1) is 0 Å². The van der Waals surface area contributed by atoms with Crippen LogP contribution in [0.2, 0.25) is 0 Å². The van der Waals surface area contributed by atoms with Gasteiger partial charge in [-0.1, -0.05) is 43.5 Å². The summed E-state index contributed by atoms with van der Waals surface area (Å²) in [5, 5.41) is 13.9. The van der Waals surface area contributed by atoms with Crippen molar-refractivity contribution in [2.24, 2.45) is 5.10 Å². The first-order valence-corrected chi connectivity index (χ1v) is 10.1. The lowest BCUT2D eigenvalue weighted by molar-refractivity contribution is -0.139. The summed E-state index contributed by atoms with van der Waals surface area (Å²) in [5.74, 6) is 0.200. The number of ether oxygens (including phenoxy) is 1. The predicted octanol–water partition coefficient (Wildman–Crippen LogP) is 3.79. The Morgan fingerprint density at radius 1 is 1.13 bits per heavy atom. The maximum Gasteiger partial charge on any atom is 0.341 e. The Hall–Kier alpha value is -3.48. The average molecular weight is 405 g/mol. The summed E-state index contributed by atoms with van der Waals surface area (Å²) in [7, 11) is 0. The average Bonchev–Trinajstić information content (AvgIpc) is 2.78. The highest BCUT2D eigenvalue weighted by atomic mass is 16.5. The molecule has 0 aliphatic heterocycles. The van der Waals surface area contributed by atoms with Crippen molar-refractivity contribution in [3.05, 3.63) is 70.3 Å². The van der Waals surface area contributed by atoms with Crippen LogP contribution in [0.15, 0.2) is 58.4 Å². The van der Waals surface area contributed by atoms with Crippen molar-refractivity contribution in [3.8, 4) is 5.75 Å². The van der Waals surface area contributed by atoms with Crippen molar-refractivity contribution in [1.29, 1.82) is 0 Å². The summed E-state index contributed by atoms with van der Waals surface area (Å²) < 4.78 is 6.74. The third kappa shape index (κ3) is 4.25. The van der Waals surface area contributed by atoms with Gasteiger partial charge in [-0.25, -0.2) is 9.78 Å². The highest BCUT2D eigenvalue weighted by Crippen LogP contribution is 2.31. The Labute approximate surface area is 173 Å². The lowest BCUT2D eigenvalue weighted by Crippen LogP contribution is -2.25. The maximum absolute atomic E-state index is 13.2. The first kappa shape index (κ1) is 19.8. The van der Waals surface area contributed by atoms with Crippen LogP contribution in [-0.4, -0.2) is 33.6 Å². The molecule has 2 aromatic carbocycles. The molecule has 4 rings (SSSR count). The second kappa shape index (κ2) is 8.90. The highest BCUT2D eigenvalue weighted by Gasteiger charge is 2.22. The zero-order valence-corrected chi connectivity index (χ0v) is 16.5. The number of para-hydroxylation sites is 2. The van der Waals surface area contributed by atoms with E-state index in [-0.39, 0.29) is 11.5 Å². The van der Waals surface area contributed by atoms with Crippen molar-refractivity contribution in [3.63, 3.8) is 0 Å². The number of aliphatic carboxylic acids is 1. The number of benzene rings is 2. The Morgan fingerprint density at radius 3 is 2.67 bits per heavy atom. The van der Waals surface area contributed by atoms with Crippen molar-refractivity contribution < 1.29 is 14.6 Å². The van der Waals surface area contributed by atoms with Gasteiger partial charge in [0.1, 0.15) is 11.6 Å². The topological polar surface area (TPSA) is 93.8 Å². The molecule has 3 aromatic rings. The number of carboxylic acid groups (broad SMARTS) is 1. The third-order valence-electron chi connectivity index (χ3n) is 5.33. The molecule has 154 valence electrons. The van der Waals surface area contributed by atoms with Gasteiger partial charge in [-0.3, -0.25) is 4.79 Å².